The molecule has 0 radical (unpaired) electrons. The Morgan fingerprint density at radius 2 is 1.65 bits per heavy atom. The lowest BCUT2D eigenvalue weighted by Gasteiger charge is -2.37. The minimum absolute atomic E-state index is 0.122. The highest BCUT2D eigenvalue weighted by atomic mass is 35.5. The van der Waals surface area contributed by atoms with Crippen molar-refractivity contribution in [2.45, 2.75) is 46.2 Å². The lowest BCUT2D eigenvalue weighted by atomic mass is 9.91. The molecule has 2 aliphatic heterocycles. The van der Waals surface area contributed by atoms with E-state index in [9.17, 15) is 0 Å². The van der Waals surface area contributed by atoms with E-state index in [1.54, 1.807) is 0 Å². The molecule has 6 nitrogen and oxygen atoms in total. The summed E-state index contributed by atoms with van der Waals surface area (Å²) >= 11 is 13.0. The highest BCUT2D eigenvalue weighted by Gasteiger charge is 2.42. The molecule has 0 aliphatic carbocycles. The maximum Gasteiger partial charge on any atom is 0.174 e. The highest BCUT2D eigenvalue weighted by molar-refractivity contribution is 7.80. The summed E-state index contributed by atoms with van der Waals surface area (Å²) in [6.07, 6.45) is 4.92. The standard InChI is InChI=1S/C32H35ClN6S/c1-20-15-21(2)19-37(18-20)28-12-11-24(17-26(28)33)39-31(30(36-32(39)40)27-9-5-7-13-34-27)25-16-22(3)38(23(25)4)29-10-6-8-14-35-29/h5-14,16-17,20-21,30-31H,15,18-19H2,1-4H3,(H,36,40)/t20-,21+,30-,31+/m0/s1. The van der Waals surface area contributed by atoms with Crippen LogP contribution in [0.1, 0.15) is 55.0 Å². The number of nitrogens with zero attached hydrogens (tertiary/aromatic N) is 5. The molecule has 0 amide bonds. The van der Waals surface area contributed by atoms with Crippen molar-refractivity contribution in [3.05, 3.63) is 101 Å². The van der Waals surface area contributed by atoms with Gasteiger partial charge in [-0.05, 0) is 98.4 Å². The minimum Gasteiger partial charge on any atom is -0.370 e. The topological polar surface area (TPSA) is 49.2 Å². The lowest BCUT2D eigenvalue weighted by molar-refractivity contribution is 0.357. The molecule has 8 heteroatoms. The normalized spacial score (nSPS) is 23.0. The van der Waals surface area contributed by atoms with E-state index in [0.29, 0.717) is 16.9 Å². The van der Waals surface area contributed by atoms with E-state index < -0.39 is 0 Å². The number of aryl methyl sites for hydroxylation is 1. The summed E-state index contributed by atoms with van der Waals surface area (Å²) in [6, 6.07) is 20.4. The lowest BCUT2D eigenvalue weighted by Crippen LogP contribution is -2.38. The molecule has 4 atom stereocenters. The van der Waals surface area contributed by atoms with E-state index in [-0.39, 0.29) is 12.1 Å². The van der Waals surface area contributed by atoms with Crippen LogP contribution in [-0.2, 0) is 0 Å². The van der Waals surface area contributed by atoms with Crippen LogP contribution in [0.5, 0.6) is 0 Å². The number of pyridine rings is 2. The number of benzene rings is 1. The van der Waals surface area contributed by atoms with Crippen molar-refractivity contribution in [3.8, 4) is 5.82 Å². The van der Waals surface area contributed by atoms with Gasteiger partial charge in [0.1, 0.15) is 5.82 Å². The second-order valence-corrected chi connectivity index (χ2v) is 12.1. The van der Waals surface area contributed by atoms with Gasteiger partial charge in [0.2, 0.25) is 0 Å². The molecule has 2 aliphatic rings. The molecule has 3 aromatic heterocycles. The van der Waals surface area contributed by atoms with Crippen LogP contribution in [0.2, 0.25) is 5.02 Å². The van der Waals surface area contributed by atoms with Crippen LogP contribution in [0.25, 0.3) is 5.82 Å². The Labute approximate surface area is 247 Å². The van der Waals surface area contributed by atoms with Crippen molar-refractivity contribution in [1.82, 2.24) is 19.9 Å². The molecular formula is C32H35ClN6S. The zero-order valence-electron chi connectivity index (χ0n) is 23.4. The molecule has 0 saturated carbocycles. The predicted octanol–water partition coefficient (Wildman–Crippen LogP) is 7.20. The number of aromatic nitrogens is 3. The van der Waals surface area contributed by atoms with Gasteiger partial charge in [0, 0.05) is 42.6 Å². The van der Waals surface area contributed by atoms with Gasteiger partial charge < -0.3 is 19.7 Å². The van der Waals surface area contributed by atoms with Gasteiger partial charge in [0.15, 0.2) is 5.11 Å². The summed E-state index contributed by atoms with van der Waals surface area (Å²) < 4.78 is 2.21. The van der Waals surface area contributed by atoms with Gasteiger partial charge in [0.25, 0.3) is 0 Å². The fraction of sp³-hybridized carbons (Fsp3) is 0.344. The van der Waals surface area contributed by atoms with Crippen LogP contribution in [-0.4, -0.2) is 32.7 Å². The fourth-order valence-corrected chi connectivity index (χ4v) is 7.28. The molecule has 1 aromatic carbocycles. The van der Waals surface area contributed by atoms with Gasteiger partial charge in [-0.1, -0.05) is 37.6 Å². The molecule has 4 aromatic rings. The van der Waals surface area contributed by atoms with Crippen molar-refractivity contribution in [2.75, 3.05) is 22.9 Å². The van der Waals surface area contributed by atoms with E-state index in [1.807, 2.05) is 42.7 Å². The zero-order valence-corrected chi connectivity index (χ0v) is 25.0. The Balaban J connectivity index is 1.44. The molecule has 1 N–H and O–H groups in total. The van der Waals surface area contributed by atoms with Gasteiger partial charge >= 0.3 is 0 Å². The fourth-order valence-electron chi connectivity index (χ4n) is 6.64. The molecule has 40 heavy (non-hydrogen) atoms. The van der Waals surface area contributed by atoms with Crippen LogP contribution in [0.3, 0.4) is 0 Å². The molecule has 6 rings (SSSR count). The number of rotatable bonds is 5. The first-order chi connectivity index (χ1) is 19.3. The first-order valence-corrected chi connectivity index (χ1v) is 14.8. The number of hydrogen-bond acceptors (Lipinski definition) is 4. The van der Waals surface area contributed by atoms with Crippen molar-refractivity contribution < 1.29 is 0 Å². The third-order valence-corrected chi connectivity index (χ3v) is 8.80. The smallest absolute Gasteiger partial charge is 0.174 e. The molecule has 5 heterocycles. The zero-order chi connectivity index (χ0) is 28.0. The Kier molecular flexibility index (Phi) is 7.27. The Bertz CT molecular complexity index is 1510. The van der Waals surface area contributed by atoms with Crippen LogP contribution in [0, 0.1) is 25.7 Å². The molecule has 2 saturated heterocycles. The maximum absolute atomic E-state index is 7.02. The molecule has 0 unspecified atom stereocenters. The average molecular weight is 571 g/mol. The summed E-state index contributed by atoms with van der Waals surface area (Å²) in [7, 11) is 0. The van der Waals surface area contributed by atoms with Gasteiger partial charge in [-0.3, -0.25) is 4.98 Å². The highest BCUT2D eigenvalue weighted by Crippen LogP contribution is 2.45. The van der Waals surface area contributed by atoms with Crippen molar-refractivity contribution in [2.24, 2.45) is 11.8 Å². The van der Waals surface area contributed by atoms with Gasteiger partial charge in [-0.15, -0.1) is 0 Å². The Morgan fingerprint density at radius 1 is 0.925 bits per heavy atom. The van der Waals surface area contributed by atoms with Crippen molar-refractivity contribution >= 4 is 40.3 Å². The summed E-state index contributed by atoms with van der Waals surface area (Å²) in [4.78, 5) is 14.0. The van der Waals surface area contributed by atoms with Crippen molar-refractivity contribution in [1.29, 1.82) is 0 Å². The number of anilines is 2. The SMILES string of the molecule is Cc1cc([C@@H]2[C@H](c3ccccn3)NC(=S)N2c2ccc(N3C[C@H](C)C[C@H](C)C3)c(Cl)c2)c(C)n1-c1ccccn1. The van der Waals surface area contributed by atoms with E-state index in [0.717, 1.165) is 52.4 Å². The largest absolute Gasteiger partial charge is 0.370 e. The number of thiocarbonyl (C=S) groups is 1. The summed E-state index contributed by atoms with van der Waals surface area (Å²) in [5.41, 5.74) is 6.41. The van der Waals surface area contributed by atoms with E-state index in [1.165, 1.54) is 12.0 Å². The molecule has 2 fully saturated rings. The molecule has 0 bridgehead atoms. The third kappa shape index (κ3) is 4.86. The average Bonchev–Trinajstić information content (AvgIpc) is 3.43. The second-order valence-electron chi connectivity index (χ2n) is 11.3. The van der Waals surface area contributed by atoms with Crippen molar-refractivity contribution in [3.63, 3.8) is 0 Å². The number of hydrogen-bond donors (Lipinski definition) is 1. The van der Waals surface area contributed by atoms with Crippen LogP contribution in [0.4, 0.5) is 11.4 Å². The maximum atomic E-state index is 7.02. The Hall–Kier alpha value is -3.42. The van der Waals surface area contributed by atoms with Crippen LogP contribution in [0.15, 0.2) is 73.1 Å². The van der Waals surface area contributed by atoms with Crippen LogP contribution >= 0.6 is 23.8 Å². The minimum atomic E-state index is -0.131. The van der Waals surface area contributed by atoms with E-state index in [2.05, 4.69) is 82.7 Å². The monoisotopic (exact) mass is 570 g/mol. The first kappa shape index (κ1) is 26.8. The van der Waals surface area contributed by atoms with Crippen LogP contribution < -0.4 is 15.1 Å². The number of nitrogens with one attached hydrogen (secondary N) is 1. The van der Waals surface area contributed by atoms with Gasteiger partial charge in [-0.25, -0.2) is 4.98 Å². The second kappa shape index (κ2) is 10.9. The number of piperidine rings is 1. The quantitative estimate of drug-likeness (QED) is 0.256. The third-order valence-electron chi connectivity index (χ3n) is 8.18. The van der Waals surface area contributed by atoms with E-state index >= 15 is 0 Å². The first-order valence-electron chi connectivity index (χ1n) is 14.0. The molecule has 0 spiro atoms. The van der Waals surface area contributed by atoms with Gasteiger partial charge in [0.05, 0.1) is 28.5 Å². The number of halogens is 1. The molecule has 206 valence electrons. The van der Waals surface area contributed by atoms with E-state index in [4.69, 9.17) is 28.8 Å². The molecular weight excluding hydrogens is 536 g/mol. The predicted molar refractivity (Wildman–Crippen MR) is 168 cm³/mol. The summed E-state index contributed by atoms with van der Waals surface area (Å²) in [5.74, 6) is 2.19. The summed E-state index contributed by atoms with van der Waals surface area (Å²) in [6.45, 7) is 11.0. The Morgan fingerprint density at radius 3 is 2.30 bits per heavy atom. The summed E-state index contributed by atoms with van der Waals surface area (Å²) in [5, 5.41) is 5.00. The van der Waals surface area contributed by atoms with Gasteiger partial charge in [-0.2, -0.15) is 0 Å².